The molecule has 0 spiro atoms. The van der Waals surface area contributed by atoms with Crippen molar-refractivity contribution in [3.63, 3.8) is 0 Å². The Morgan fingerprint density at radius 2 is 1.11 bits per heavy atom. The van der Waals surface area contributed by atoms with Crippen LogP contribution in [-0.2, 0) is 11.9 Å². The standard InChI is InChI=1S/2C6H12N.4ClH.Pt/c2*1-6-3-2-4-7-5-6;;;;;/h2*6H,2-5H2,1H3;4*1H;/q2*-1;;;;;+6/p-4. The van der Waals surface area contributed by atoms with Gasteiger partial charge in [-0.1, -0.05) is 51.4 Å². The SMILES string of the molecule is CC1CCC[N-]C1.CC1CCC[N-]C1.[Cl][Pt+2]([Cl])([Cl])[Cl]. The molecule has 2 unspecified atom stereocenters. The van der Waals surface area contributed by atoms with Crippen molar-refractivity contribution in [3.8, 4) is 0 Å². The van der Waals surface area contributed by atoms with Crippen LogP contribution in [0.15, 0.2) is 0 Å². The van der Waals surface area contributed by atoms with Crippen LogP contribution in [0.1, 0.15) is 39.5 Å². The van der Waals surface area contributed by atoms with Crippen molar-refractivity contribution in [2.45, 2.75) is 39.5 Å². The van der Waals surface area contributed by atoms with Crippen molar-refractivity contribution < 1.29 is 11.9 Å². The van der Waals surface area contributed by atoms with Crippen LogP contribution in [-0.4, -0.2) is 26.2 Å². The molecule has 0 aromatic carbocycles. The third-order valence-electron chi connectivity index (χ3n) is 2.91. The van der Waals surface area contributed by atoms with Crippen LogP contribution in [0.2, 0.25) is 0 Å². The Morgan fingerprint density at radius 3 is 1.21 bits per heavy atom. The molecule has 2 heterocycles. The monoisotopic (exact) mass is 531 g/mol. The first-order chi connectivity index (χ1) is 8.79. The number of hydrogen-bond donors (Lipinski definition) is 0. The molecular formula is C12H24Cl4N2Pt. The molecule has 0 aromatic rings. The fourth-order valence-corrected chi connectivity index (χ4v) is 1.91. The van der Waals surface area contributed by atoms with Crippen LogP contribution in [0.5, 0.6) is 0 Å². The molecule has 0 aromatic heterocycles. The Balaban J connectivity index is 0.000000261. The van der Waals surface area contributed by atoms with Crippen LogP contribution in [0.25, 0.3) is 10.6 Å². The van der Waals surface area contributed by atoms with Gasteiger partial charge in [0.05, 0.1) is 0 Å². The van der Waals surface area contributed by atoms with Gasteiger partial charge in [0, 0.05) is 0 Å². The van der Waals surface area contributed by atoms with Gasteiger partial charge in [-0.25, -0.2) is 0 Å². The van der Waals surface area contributed by atoms with Crippen LogP contribution in [0.4, 0.5) is 0 Å². The number of hydrogen-bond acceptors (Lipinski definition) is 0. The molecule has 2 aliphatic heterocycles. The fraction of sp³-hybridized carbons (Fsp3) is 1.00. The predicted molar refractivity (Wildman–Crippen MR) is 86.4 cm³/mol. The summed E-state index contributed by atoms with van der Waals surface area (Å²) in [4.78, 5) is 0. The van der Waals surface area contributed by atoms with E-state index in [0.29, 0.717) is 0 Å². The molecule has 2 aliphatic rings. The Labute approximate surface area is 137 Å². The van der Waals surface area contributed by atoms with Gasteiger partial charge < -0.3 is 10.6 Å². The summed E-state index contributed by atoms with van der Waals surface area (Å²) in [5, 5.41) is 8.52. The quantitative estimate of drug-likeness (QED) is 0.348. The third kappa shape index (κ3) is 19.8. The van der Waals surface area contributed by atoms with E-state index < -0.39 is 11.9 Å². The molecule has 0 radical (unpaired) electrons. The first-order valence-electron chi connectivity index (χ1n) is 6.53. The van der Waals surface area contributed by atoms with E-state index in [1.54, 1.807) is 0 Å². The van der Waals surface area contributed by atoms with Crippen molar-refractivity contribution in [2.24, 2.45) is 11.8 Å². The summed E-state index contributed by atoms with van der Waals surface area (Å²) in [6.07, 6.45) is 5.43. The van der Waals surface area contributed by atoms with E-state index in [1.807, 2.05) is 0 Å². The Hall–Kier alpha value is 1.77. The molecular weight excluding hydrogens is 509 g/mol. The van der Waals surface area contributed by atoms with Gasteiger partial charge in [-0.3, -0.25) is 0 Å². The molecule has 0 amide bonds. The van der Waals surface area contributed by atoms with E-state index >= 15 is 0 Å². The van der Waals surface area contributed by atoms with Gasteiger partial charge >= 0.3 is 49.6 Å². The maximum absolute atomic E-state index is 5.01. The molecule has 7 heteroatoms. The molecule has 2 rings (SSSR count). The second-order valence-electron chi connectivity index (χ2n) is 5.03. The van der Waals surface area contributed by atoms with Crippen molar-refractivity contribution in [2.75, 3.05) is 26.2 Å². The average Bonchev–Trinajstić information content (AvgIpc) is 2.29. The van der Waals surface area contributed by atoms with E-state index in [-0.39, 0.29) is 0 Å². The van der Waals surface area contributed by atoms with Crippen molar-refractivity contribution in [3.05, 3.63) is 10.6 Å². The van der Waals surface area contributed by atoms with E-state index in [2.05, 4.69) is 24.5 Å². The van der Waals surface area contributed by atoms with E-state index in [9.17, 15) is 0 Å². The molecule has 19 heavy (non-hydrogen) atoms. The van der Waals surface area contributed by atoms with Gasteiger partial charge in [0.1, 0.15) is 0 Å². The van der Waals surface area contributed by atoms with Crippen LogP contribution < -0.4 is 0 Å². The van der Waals surface area contributed by atoms with Crippen LogP contribution in [0, 0.1) is 11.8 Å². The van der Waals surface area contributed by atoms with Gasteiger partial charge in [0.2, 0.25) is 0 Å². The van der Waals surface area contributed by atoms with Crippen molar-refractivity contribution >= 4 is 37.7 Å². The minimum atomic E-state index is -3.06. The zero-order valence-corrected chi connectivity index (χ0v) is 16.8. The number of rotatable bonds is 0. The molecule has 2 fully saturated rings. The fourth-order valence-electron chi connectivity index (χ4n) is 1.91. The minimum absolute atomic E-state index is 0.869. The zero-order valence-electron chi connectivity index (χ0n) is 11.5. The Bertz CT molecular complexity index is 180. The Kier molecular flexibility index (Phi) is 13.5. The van der Waals surface area contributed by atoms with Crippen molar-refractivity contribution in [1.82, 2.24) is 0 Å². The molecule has 120 valence electrons. The molecule has 2 saturated heterocycles. The maximum atomic E-state index is 5.01. The predicted octanol–water partition coefficient (Wildman–Crippen LogP) is 6.34. The van der Waals surface area contributed by atoms with Crippen LogP contribution in [0.3, 0.4) is 0 Å². The summed E-state index contributed by atoms with van der Waals surface area (Å²) < 4.78 is 0. The average molecular weight is 533 g/mol. The summed E-state index contributed by atoms with van der Waals surface area (Å²) >= 11 is -3.06. The number of nitrogens with zero attached hydrogens (tertiary/aromatic N) is 2. The number of halogens is 4. The van der Waals surface area contributed by atoms with Gasteiger partial charge in [-0.15, -0.1) is 26.2 Å². The first kappa shape index (κ1) is 20.8. The summed E-state index contributed by atoms with van der Waals surface area (Å²) in [6, 6.07) is 0. The second kappa shape index (κ2) is 12.3. The topological polar surface area (TPSA) is 28.2 Å². The first-order valence-corrected chi connectivity index (χ1v) is 17.8. The molecule has 0 N–H and O–H groups in total. The Morgan fingerprint density at radius 1 is 0.789 bits per heavy atom. The van der Waals surface area contributed by atoms with Gasteiger partial charge in [0.15, 0.2) is 0 Å². The van der Waals surface area contributed by atoms with E-state index in [1.165, 1.54) is 25.7 Å². The van der Waals surface area contributed by atoms with Crippen LogP contribution >= 0.6 is 37.7 Å². The molecule has 0 aliphatic carbocycles. The summed E-state index contributed by atoms with van der Waals surface area (Å²) in [5.74, 6) is 1.74. The van der Waals surface area contributed by atoms with Gasteiger partial charge in [-0.05, 0) is 0 Å². The zero-order chi connectivity index (χ0) is 14.7. The second-order valence-corrected chi connectivity index (χ2v) is 24.7. The normalized spacial score (nSPS) is 28.3. The van der Waals surface area contributed by atoms with Gasteiger partial charge in [0.25, 0.3) is 0 Å². The van der Waals surface area contributed by atoms with Crippen molar-refractivity contribution in [1.29, 1.82) is 0 Å². The summed E-state index contributed by atoms with van der Waals surface area (Å²) in [6.45, 7) is 8.99. The summed E-state index contributed by atoms with van der Waals surface area (Å²) in [5.41, 5.74) is 0. The molecule has 0 saturated carbocycles. The van der Waals surface area contributed by atoms with E-state index in [4.69, 9.17) is 37.7 Å². The summed E-state index contributed by atoms with van der Waals surface area (Å²) in [7, 11) is 20.0. The van der Waals surface area contributed by atoms with Gasteiger partial charge in [-0.2, -0.15) is 0 Å². The molecule has 2 nitrogen and oxygen atoms in total. The third-order valence-corrected chi connectivity index (χ3v) is 2.91. The molecule has 0 bridgehead atoms. The van der Waals surface area contributed by atoms with E-state index in [0.717, 1.165) is 38.0 Å². The molecule has 2 atom stereocenters. The number of piperidine rings is 2.